The van der Waals surface area contributed by atoms with Gasteiger partial charge in [-0.1, -0.05) is 6.92 Å². The van der Waals surface area contributed by atoms with E-state index in [4.69, 9.17) is 29.2 Å². The van der Waals surface area contributed by atoms with Crippen LogP contribution in [0.25, 0.3) is 0 Å². The molecule has 11 nitrogen and oxygen atoms in total. The Hall–Kier alpha value is 0.260. The van der Waals surface area contributed by atoms with E-state index in [0.717, 1.165) is 23.5 Å². The summed E-state index contributed by atoms with van der Waals surface area (Å²) in [5.41, 5.74) is -2.94. The molecule has 5 atom stereocenters. The molecule has 0 aromatic carbocycles. The van der Waals surface area contributed by atoms with Crippen molar-refractivity contribution in [2.75, 3.05) is 58.3 Å². The van der Waals surface area contributed by atoms with Crippen molar-refractivity contribution in [3.63, 3.8) is 0 Å². The van der Waals surface area contributed by atoms with Gasteiger partial charge in [0, 0.05) is 24.0 Å². The van der Waals surface area contributed by atoms with Gasteiger partial charge in [-0.3, -0.25) is 0 Å². The molecule has 13 heteroatoms. The third-order valence-corrected chi connectivity index (χ3v) is 5.38. The first-order valence-electron chi connectivity index (χ1n) is 8.84. The van der Waals surface area contributed by atoms with Crippen LogP contribution in [0.2, 0.25) is 0 Å². The van der Waals surface area contributed by atoms with E-state index in [9.17, 15) is 25.5 Å². The molecule has 0 aliphatic carbocycles. The van der Waals surface area contributed by atoms with Crippen LogP contribution in [0.15, 0.2) is 0 Å². The van der Waals surface area contributed by atoms with Crippen LogP contribution in [-0.4, -0.2) is 124 Å². The molecule has 0 heterocycles. The van der Waals surface area contributed by atoms with E-state index in [1.165, 1.54) is 7.11 Å². The third-order valence-electron chi connectivity index (χ3n) is 3.36. The number of ether oxygens (including phenoxy) is 4. The zero-order valence-electron chi connectivity index (χ0n) is 16.6. The van der Waals surface area contributed by atoms with Crippen LogP contribution in [0, 0.1) is 5.41 Å². The van der Waals surface area contributed by atoms with E-state index in [1.54, 1.807) is 6.92 Å². The Balaban J connectivity index is 4.62. The standard InChI is InChI=1S/C16H34O11S2/c1-16(8-25-11(19)5-24-2,9-26-12(20)6-28-14(22)3-17)10-27-13(21)7-29-15(23)4-18/h11-15,17-23H,3-10H2,1-2H3. The lowest BCUT2D eigenvalue weighted by Gasteiger charge is -2.31. The average molecular weight is 467 g/mol. The predicted molar refractivity (Wildman–Crippen MR) is 107 cm³/mol. The van der Waals surface area contributed by atoms with Gasteiger partial charge in [0.15, 0.2) is 18.9 Å². The molecule has 0 aromatic heterocycles. The SMILES string of the molecule is COCC(O)OCC(C)(COC(O)CSC(O)CO)COC(O)CSC(O)CO. The van der Waals surface area contributed by atoms with Crippen molar-refractivity contribution in [3.05, 3.63) is 0 Å². The molecule has 0 amide bonds. The van der Waals surface area contributed by atoms with Gasteiger partial charge in [-0.15, -0.1) is 23.5 Å². The van der Waals surface area contributed by atoms with E-state index in [2.05, 4.69) is 0 Å². The molecule has 0 radical (unpaired) electrons. The zero-order chi connectivity index (χ0) is 22.3. The lowest BCUT2D eigenvalue weighted by atomic mass is 9.94. The molecule has 0 spiro atoms. The molecule has 29 heavy (non-hydrogen) atoms. The second-order valence-electron chi connectivity index (χ2n) is 6.50. The molecular formula is C16H34O11S2. The molecule has 5 unspecified atom stereocenters. The number of aliphatic hydroxyl groups excluding tert-OH is 7. The van der Waals surface area contributed by atoms with Gasteiger partial charge >= 0.3 is 0 Å². The Bertz CT molecular complexity index is 370. The van der Waals surface area contributed by atoms with Crippen LogP contribution >= 0.6 is 23.5 Å². The smallest absolute Gasteiger partial charge is 0.178 e. The fourth-order valence-electron chi connectivity index (χ4n) is 1.80. The molecule has 0 aromatic rings. The molecule has 0 aliphatic rings. The molecule has 0 saturated heterocycles. The minimum absolute atomic E-state index is 0.0180. The molecule has 0 fully saturated rings. The van der Waals surface area contributed by atoms with Gasteiger partial charge in [-0.2, -0.15) is 0 Å². The van der Waals surface area contributed by atoms with Crippen LogP contribution in [0.5, 0.6) is 0 Å². The predicted octanol–water partition coefficient (Wildman–Crippen LogP) is -2.27. The molecule has 7 N–H and O–H groups in total. The number of hydrogen-bond donors (Lipinski definition) is 7. The molecular weight excluding hydrogens is 432 g/mol. The second-order valence-corrected chi connectivity index (χ2v) is 8.93. The van der Waals surface area contributed by atoms with Gasteiger partial charge < -0.3 is 54.7 Å². The molecule has 0 saturated carbocycles. The van der Waals surface area contributed by atoms with E-state index in [0.29, 0.717) is 0 Å². The summed E-state index contributed by atoms with van der Waals surface area (Å²) >= 11 is 1.83. The lowest BCUT2D eigenvalue weighted by Crippen LogP contribution is -2.39. The highest BCUT2D eigenvalue weighted by Gasteiger charge is 2.30. The van der Waals surface area contributed by atoms with Crippen molar-refractivity contribution in [3.8, 4) is 0 Å². The first kappa shape index (κ1) is 29.3. The van der Waals surface area contributed by atoms with Crippen molar-refractivity contribution < 1.29 is 54.7 Å². The average Bonchev–Trinajstić information content (AvgIpc) is 2.71. The van der Waals surface area contributed by atoms with Crippen LogP contribution < -0.4 is 0 Å². The summed E-state index contributed by atoms with van der Waals surface area (Å²) in [6.45, 7) is 0.567. The highest BCUT2D eigenvalue weighted by Crippen LogP contribution is 2.22. The van der Waals surface area contributed by atoms with Crippen LogP contribution in [0.1, 0.15) is 6.92 Å². The van der Waals surface area contributed by atoms with Crippen molar-refractivity contribution in [1.29, 1.82) is 0 Å². The van der Waals surface area contributed by atoms with Gasteiger partial charge in [0.25, 0.3) is 0 Å². The van der Waals surface area contributed by atoms with Crippen LogP contribution in [0.4, 0.5) is 0 Å². The maximum atomic E-state index is 9.88. The quantitative estimate of drug-likeness (QED) is 0.101. The minimum atomic E-state index is -1.23. The van der Waals surface area contributed by atoms with Crippen molar-refractivity contribution >= 4 is 23.5 Å². The van der Waals surface area contributed by atoms with Gasteiger partial charge in [0.2, 0.25) is 0 Å². The lowest BCUT2D eigenvalue weighted by molar-refractivity contribution is -0.193. The topological polar surface area (TPSA) is 179 Å². The fourth-order valence-corrected chi connectivity index (χ4v) is 2.97. The summed E-state index contributed by atoms with van der Waals surface area (Å²) in [4.78, 5) is 0. The highest BCUT2D eigenvalue weighted by molar-refractivity contribution is 8.00. The largest absolute Gasteiger partial charge is 0.393 e. The highest BCUT2D eigenvalue weighted by atomic mass is 32.2. The Morgan fingerprint density at radius 2 is 1.10 bits per heavy atom. The van der Waals surface area contributed by atoms with Gasteiger partial charge in [0.05, 0.1) is 39.6 Å². The first-order valence-corrected chi connectivity index (χ1v) is 10.9. The maximum absolute atomic E-state index is 9.88. The fraction of sp³-hybridized carbons (Fsp3) is 1.00. The van der Waals surface area contributed by atoms with Crippen molar-refractivity contribution in [1.82, 2.24) is 0 Å². The Morgan fingerprint density at radius 3 is 1.45 bits per heavy atom. The van der Waals surface area contributed by atoms with Crippen LogP contribution in [0.3, 0.4) is 0 Å². The van der Waals surface area contributed by atoms with Crippen LogP contribution in [-0.2, 0) is 18.9 Å². The number of hydrogen-bond acceptors (Lipinski definition) is 13. The van der Waals surface area contributed by atoms with E-state index in [1.807, 2.05) is 0 Å². The summed E-state index contributed by atoms with van der Waals surface area (Å²) in [6.07, 6.45) is -3.64. The molecule has 0 bridgehead atoms. The normalized spacial score (nSPS) is 19.3. The maximum Gasteiger partial charge on any atom is 0.178 e. The Labute approximate surface area is 178 Å². The van der Waals surface area contributed by atoms with Gasteiger partial charge in [-0.05, 0) is 0 Å². The van der Waals surface area contributed by atoms with E-state index < -0.39 is 48.4 Å². The summed E-state index contributed by atoms with van der Waals surface area (Å²) in [5.74, 6) is 0.0360. The summed E-state index contributed by atoms with van der Waals surface area (Å²) in [5, 5.41) is 65.5. The van der Waals surface area contributed by atoms with Gasteiger partial charge in [-0.25, -0.2) is 0 Å². The monoisotopic (exact) mass is 466 g/mol. The Kier molecular flexibility index (Phi) is 17.0. The number of methoxy groups -OCH3 is 1. The number of thioether (sulfide) groups is 2. The summed E-state index contributed by atoms with van der Waals surface area (Å²) < 4.78 is 20.8. The van der Waals surface area contributed by atoms with Crippen molar-refractivity contribution in [2.45, 2.75) is 36.7 Å². The summed E-state index contributed by atoms with van der Waals surface area (Å²) in [7, 11) is 1.40. The van der Waals surface area contributed by atoms with E-state index >= 15 is 0 Å². The zero-order valence-corrected chi connectivity index (χ0v) is 18.3. The van der Waals surface area contributed by atoms with E-state index in [-0.39, 0.29) is 37.9 Å². The Morgan fingerprint density at radius 1 is 0.724 bits per heavy atom. The summed E-state index contributed by atoms with van der Waals surface area (Å²) in [6, 6.07) is 0. The third kappa shape index (κ3) is 15.7. The van der Waals surface area contributed by atoms with Crippen molar-refractivity contribution in [2.24, 2.45) is 5.41 Å². The minimum Gasteiger partial charge on any atom is -0.393 e. The first-order chi connectivity index (χ1) is 13.7. The molecule has 0 aliphatic heterocycles. The molecule has 176 valence electrons. The number of aliphatic hydroxyl groups is 7. The molecule has 0 rings (SSSR count). The second kappa shape index (κ2) is 16.9. The van der Waals surface area contributed by atoms with Gasteiger partial charge in [0.1, 0.15) is 10.9 Å². The number of rotatable bonds is 19.